The van der Waals surface area contributed by atoms with Gasteiger partial charge >= 0.3 is 226 Å². The highest BCUT2D eigenvalue weighted by Gasteiger charge is 2.68. The average Bonchev–Trinajstić information content (AvgIpc) is 3.06. The van der Waals surface area contributed by atoms with Crippen molar-refractivity contribution in [1.82, 2.24) is 0 Å². The summed E-state index contributed by atoms with van der Waals surface area (Å²) in [5.74, 6) is -0.807. The molecule has 0 spiro atoms. The van der Waals surface area contributed by atoms with Crippen molar-refractivity contribution in [2.24, 2.45) is 5.92 Å². The van der Waals surface area contributed by atoms with Crippen LogP contribution in [0.2, 0.25) is 23.8 Å². The van der Waals surface area contributed by atoms with Crippen LogP contribution in [-0.2, 0) is 144 Å². The van der Waals surface area contributed by atoms with Crippen LogP contribution in [0.1, 0.15) is 0 Å². The fourth-order valence-corrected chi connectivity index (χ4v) is 107. The van der Waals surface area contributed by atoms with E-state index in [0.717, 1.165) is 0 Å². The summed E-state index contributed by atoms with van der Waals surface area (Å²) >= 11 is 0. The molecule has 0 aromatic rings. The second-order valence-corrected chi connectivity index (χ2v) is 71.4. The maximum absolute atomic E-state index is 7.07. The smallest absolute Gasteiger partial charge is 0.399 e. The Morgan fingerprint density at radius 3 is 0.688 bits per heavy atom. The number of hydrogen-bond acceptors (Lipinski definition) is 35. The molecular formula is C5H30O35Si24. The highest BCUT2D eigenvalue weighted by atomic mass is 28.6. The first-order valence-corrected chi connectivity index (χ1v) is 55.5. The summed E-state index contributed by atoms with van der Waals surface area (Å²) in [6.45, 7) is 0. The normalized spacial score (nSPS) is 59.3. The first kappa shape index (κ1) is 45.2. The summed E-state index contributed by atoms with van der Waals surface area (Å²) in [4.78, 5) is 0. The van der Waals surface area contributed by atoms with Gasteiger partial charge in [0.2, 0.25) is 0 Å². The van der Waals surface area contributed by atoms with Crippen molar-refractivity contribution in [3.63, 3.8) is 0 Å². The van der Waals surface area contributed by atoms with Crippen LogP contribution in [-0.4, -0.2) is 226 Å². The van der Waals surface area contributed by atoms with Crippen LogP contribution in [0.5, 0.6) is 0 Å². The summed E-state index contributed by atoms with van der Waals surface area (Å²) in [7, 11) is -76.6. The van der Waals surface area contributed by atoms with E-state index in [-0.39, 0.29) is 18.1 Å². The van der Waals surface area contributed by atoms with E-state index in [4.69, 9.17) is 144 Å². The molecule has 35 nitrogen and oxygen atoms in total. The highest BCUT2D eigenvalue weighted by molar-refractivity contribution is 6.91. The van der Waals surface area contributed by atoms with Crippen LogP contribution in [0, 0.1) is 5.92 Å². The van der Waals surface area contributed by atoms with Crippen molar-refractivity contribution >= 4 is 226 Å². The standard InChI is InChI=1S/C5H30O35Si24/c1(62-32-42-4-41-6-43-9-44(8-42)17-55(34-62)19-47(10-43)18-54(7-41)33-62)5(2-63-35-56-20-48-11-45-12-49(22-56)24-58(37-63)25-50(13-45)23-57(21-48)36-63)3-64-38-59-26-51-14-46-15-52(28-59)30-61(40-64)31-53(16-46)29-60(27-51)39-64/h5,41-61H,1-4H2. The fraction of sp³-hybridized carbons (Fsp3) is 1.00. The Labute approximate surface area is 396 Å². The maximum atomic E-state index is 7.07. The molecule has 8 unspecified atom stereocenters. The van der Waals surface area contributed by atoms with Crippen LogP contribution in [0.15, 0.2) is 0 Å². The number of hydrogen-bond donors (Lipinski definition) is 0. The van der Waals surface area contributed by atoms with E-state index in [0.29, 0.717) is 5.67 Å². The second kappa shape index (κ2) is 18.0. The van der Waals surface area contributed by atoms with Gasteiger partial charge in [-0.15, -0.1) is 0 Å². The van der Waals surface area contributed by atoms with Gasteiger partial charge in [0.15, 0.2) is 0 Å². The van der Waals surface area contributed by atoms with Gasteiger partial charge in [-0.2, -0.15) is 0 Å². The molecule has 0 aromatic carbocycles. The third-order valence-electron chi connectivity index (χ3n) is 10.4. The molecule has 0 aromatic heterocycles. The van der Waals surface area contributed by atoms with Gasteiger partial charge in [0.25, 0.3) is 0 Å². The first-order valence-electron chi connectivity index (χ1n) is 19.3. The molecule has 0 saturated carbocycles. The quantitative estimate of drug-likeness (QED) is 0.223. The highest BCUT2D eigenvalue weighted by Crippen LogP contribution is 2.44. The third-order valence-corrected chi connectivity index (χ3v) is 84.1. The van der Waals surface area contributed by atoms with Crippen molar-refractivity contribution in [3.05, 3.63) is 0 Å². The minimum atomic E-state index is -4.26. The Kier molecular flexibility index (Phi) is 12.7. The monoisotopic (exact) mass is 1320 g/mol. The first-order chi connectivity index (χ1) is 31.2. The van der Waals surface area contributed by atoms with Crippen molar-refractivity contribution in [3.8, 4) is 0 Å². The molecule has 64 heavy (non-hydrogen) atoms. The fourth-order valence-electron chi connectivity index (χ4n) is 7.98. The molecule has 18 aliphatic rings. The topological polar surface area (TPSA) is 323 Å². The van der Waals surface area contributed by atoms with Gasteiger partial charge in [0.1, 0.15) is 0 Å². The number of rotatable bonds is 6. The lowest BCUT2D eigenvalue weighted by Crippen LogP contribution is -2.73. The third kappa shape index (κ3) is 9.36. The molecule has 18 saturated heterocycles. The van der Waals surface area contributed by atoms with E-state index in [1.807, 2.05) is 0 Å². The molecule has 18 fully saturated rings. The van der Waals surface area contributed by atoms with E-state index in [1.165, 1.54) is 0 Å². The van der Waals surface area contributed by atoms with Crippen LogP contribution >= 0.6 is 0 Å². The van der Waals surface area contributed by atoms with Crippen molar-refractivity contribution in [1.29, 1.82) is 0 Å². The lowest BCUT2D eigenvalue weighted by molar-refractivity contribution is 0.0282. The Morgan fingerprint density at radius 2 is 0.406 bits per heavy atom. The molecule has 18 aliphatic heterocycles. The molecule has 8 atom stereocenters. The van der Waals surface area contributed by atoms with E-state index in [9.17, 15) is 0 Å². The van der Waals surface area contributed by atoms with Gasteiger partial charge in [0.05, 0.1) is 0 Å². The molecule has 0 radical (unpaired) electrons. The molecular weight excluding hydrogens is 1290 g/mol. The molecule has 0 amide bonds. The SMILES string of the molecule is C1[SiH]2O[SiH]3O[SiH]4O[SiH]1O[Si]1(CC(C[Si]56O[SiH]7O[SiH]8O[SiH]9O[SiH](O7)O[SiH](O[SiH](O9)O[SiH](O8)O5)O6)C[Si]56O[SiH]7O[SiH]8O[SiH]9O[SiH](O7)O[SiH](O[SiH](O9)O[SiH](O8)O5)O6)O[SiH](O2)O[SiH](O3)O[SiH](O4)O1. The summed E-state index contributed by atoms with van der Waals surface area (Å²) in [6.07, 6.45) is 0. The zero-order chi connectivity index (χ0) is 41.8. The molecule has 18 rings (SSSR count). The molecule has 18 heterocycles. The van der Waals surface area contributed by atoms with Crippen LogP contribution in [0.25, 0.3) is 0 Å². The Balaban J connectivity index is 0.833. The van der Waals surface area contributed by atoms with E-state index in [2.05, 4.69) is 0 Å². The molecule has 0 aliphatic carbocycles. The minimum absolute atomic E-state index is 0.0539. The molecule has 24 bridgehead atoms. The lowest BCUT2D eigenvalue weighted by Gasteiger charge is -2.51. The zero-order valence-electron chi connectivity index (χ0n) is 31.3. The predicted molar refractivity (Wildman–Crippen MR) is 228 cm³/mol. The van der Waals surface area contributed by atoms with Crippen LogP contribution < -0.4 is 0 Å². The molecule has 59 heteroatoms. The van der Waals surface area contributed by atoms with Gasteiger partial charge in [-0.05, 0) is 5.92 Å². The summed E-state index contributed by atoms with van der Waals surface area (Å²) in [5.41, 5.74) is 0.370. The lowest BCUT2D eigenvalue weighted by atomic mass is 10.3. The van der Waals surface area contributed by atoms with Crippen molar-refractivity contribution in [2.45, 2.75) is 23.8 Å². The van der Waals surface area contributed by atoms with E-state index in [1.54, 1.807) is 0 Å². The van der Waals surface area contributed by atoms with Gasteiger partial charge in [0, 0.05) is 23.8 Å². The summed E-state index contributed by atoms with van der Waals surface area (Å²) < 4.78 is 226. The average molecular weight is 1320 g/mol. The van der Waals surface area contributed by atoms with Crippen LogP contribution in [0.4, 0.5) is 0 Å². The molecule has 356 valence electrons. The van der Waals surface area contributed by atoms with Crippen LogP contribution in [0.3, 0.4) is 0 Å². The minimum Gasteiger partial charge on any atom is -0.399 e. The Bertz CT molecular complexity index is 1360. The maximum Gasteiger partial charge on any atom is 0.478 e. The Morgan fingerprint density at radius 1 is 0.219 bits per heavy atom. The van der Waals surface area contributed by atoms with Gasteiger partial charge in [-0.25, -0.2) is 0 Å². The van der Waals surface area contributed by atoms with E-state index < -0.39 is 232 Å². The van der Waals surface area contributed by atoms with Crippen molar-refractivity contribution < 1.29 is 144 Å². The summed E-state index contributed by atoms with van der Waals surface area (Å²) in [5, 5.41) is 0. The Hall–Kier alpha value is 3.81. The predicted octanol–water partition coefficient (Wildman–Crippen LogP) is -15.2. The molecule has 0 N–H and O–H groups in total. The summed E-state index contributed by atoms with van der Waals surface area (Å²) in [6, 6.07) is -0.240. The van der Waals surface area contributed by atoms with E-state index >= 15 is 0 Å². The van der Waals surface area contributed by atoms with Gasteiger partial charge in [-0.1, -0.05) is 0 Å². The largest absolute Gasteiger partial charge is 0.478 e. The van der Waals surface area contributed by atoms with Gasteiger partial charge in [-0.3, -0.25) is 0 Å². The second-order valence-electron chi connectivity index (χ2n) is 14.7. The zero-order valence-corrected chi connectivity index (χ0v) is 58.6. The van der Waals surface area contributed by atoms with Crippen molar-refractivity contribution in [2.75, 3.05) is 0 Å². The van der Waals surface area contributed by atoms with Gasteiger partial charge < -0.3 is 144 Å².